The van der Waals surface area contributed by atoms with Crippen molar-refractivity contribution >= 4 is 17.7 Å². The van der Waals surface area contributed by atoms with Crippen LogP contribution in [0.4, 0.5) is 0 Å². The van der Waals surface area contributed by atoms with Crippen LogP contribution < -0.4 is 5.32 Å². The lowest BCUT2D eigenvalue weighted by atomic mass is 10.0. The van der Waals surface area contributed by atoms with E-state index in [0.29, 0.717) is 5.75 Å². The molecule has 146 valence electrons. The third-order valence-electron chi connectivity index (χ3n) is 4.96. The molecule has 0 saturated carbocycles. The highest BCUT2D eigenvalue weighted by atomic mass is 32.2. The van der Waals surface area contributed by atoms with Crippen LogP contribution in [0.1, 0.15) is 35.2 Å². The van der Waals surface area contributed by atoms with E-state index >= 15 is 0 Å². The SMILES string of the molecule is Cc1ccc([C@@H](C)NC(=O)CSc2nnc(-c3ccccc3C)n2C)cc1C. The van der Waals surface area contributed by atoms with Gasteiger partial charge in [-0.1, -0.05) is 54.2 Å². The quantitative estimate of drug-likeness (QED) is 0.631. The molecule has 1 aromatic heterocycles. The first-order valence-corrected chi connectivity index (χ1v) is 10.3. The van der Waals surface area contributed by atoms with Gasteiger partial charge < -0.3 is 9.88 Å². The van der Waals surface area contributed by atoms with Crippen LogP contribution in [0, 0.1) is 20.8 Å². The molecular weight excluding hydrogens is 368 g/mol. The molecule has 0 aliphatic rings. The molecule has 6 heteroatoms. The zero-order valence-electron chi connectivity index (χ0n) is 17.0. The van der Waals surface area contributed by atoms with Crippen molar-refractivity contribution in [3.63, 3.8) is 0 Å². The largest absolute Gasteiger partial charge is 0.349 e. The summed E-state index contributed by atoms with van der Waals surface area (Å²) in [6.07, 6.45) is 0. The maximum atomic E-state index is 12.4. The van der Waals surface area contributed by atoms with Crippen molar-refractivity contribution in [2.24, 2.45) is 7.05 Å². The van der Waals surface area contributed by atoms with Crippen LogP contribution >= 0.6 is 11.8 Å². The highest BCUT2D eigenvalue weighted by molar-refractivity contribution is 7.99. The normalized spacial score (nSPS) is 12.0. The Morgan fingerprint density at radius 2 is 1.82 bits per heavy atom. The van der Waals surface area contributed by atoms with Crippen molar-refractivity contribution in [3.8, 4) is 11.4 Å². The molecule has 0 radical (unpaired) electrons. The summed E-state index contributed by atoms with van der Waals surface area (Å²) in [6, 6.07) is 14.3. The summed E-state index contributed by atoms with van der Waals surface area (Å²) in [7, 11) is 1.93. The fourth-order valence-corrected chi connectivity index (χ4v) is 3.75. The highest BCUT2D eigenvalue weighted by Gasteiger charge is 2.15. The van der Waals surface area contributed by atoms with E-state index in [4.69, 9.17) is 0 Å². The van der Waals surface area contributed by atoms with E-state index in [-0.39, 0.29) is 11.9 Å². The molecule has 1 atom stereocenters. The van der Waals surface area contributed by atoms with Gasteiger partial charge in [-0.05, 0) is 49.9 Å². The molecule has 1 amide bonds. The van der Waals surface area contributed by atoms with Crippen LogP contribution in [0.5, 0.6) is 0 Å². The van der Waals surface area contributed by atoms with Crippen LogP contribution in [0.25, 0.3) is 11.4 Å². The van der Waals surface area contributed by atoms with Gasteiger partial charge in [-0.25, -0.2) is 0 Å². The van der Waals surface area contributed by atoms with Crippen molar-refractivity contribution in [2.45, 2.75) is 38.9 Å². The number of thioether (sulfide) groups is 1. The number of aromatic nitrogens is 3. The van der Waals surface area contributed by atoms with Gasteiger partial charge in [-0.2, -0.15) is 0 Å². The number of amides is 1. The fourth-order valence-electron chi connectivity index (χ4n) is 3.03. The van der Waals surface area contributed by atoms with Gasteiger partial charge in [-0.15, -0.1) is 10.2 Å². The first-order valence-electron chi connectivity index (χ1n) is 9.31. The van der Waals surface area contributed by atoms with Crippen LogP contribution in [-0.4, -0.2) is 26.4 Å². The molecule has 28 heavy (non-hydrogen) atoms. The summed E-state index contributed by atoms with van der Waals surface area (Å²) in [5.41, 5.74) is 5.80. The average molecular weight is 395 g/mol. The molecule has 0 bridgehead atoms. The Morgan fingerprint density at radius 3 is 2.54 bits per heavy atom. The van der Waals surface area contributed by atoms with Crippen molar-refractivity contribution < 1.29 is 4.79 Å². The van der Waals surface area contributed by atoms with Crippen LogP contribution in [0.3, 0.4) is 0 Å². The van der Waals surface area contributed by atoms with E-state index in [2.05, 4.69) is 60.6 Å². The zero-order chi connectivity index (χ0) is 20.3. The van der Waals surface area contributed by atoms with E-state index in [1.165, 1.54) is 22.9 Å². The number of carbonyl (C=O) groups is 1. The Morgan fingerprint density at radius 1 is 1.07 bits per heavy atom. The summed E-state index contributed by atoms with van der Waals surface area (Å²) in [4.78, 5) is 12.4. The fraction of sp³-hybridized carbons (Fsp3) is 0.318. The Balaban J connectivity index is 1.62. The number of rotatable bonds is 6. The van der Waals surface area contributed by atoms with Gasteiger partial charge in [-0.3, -0.25) is 4.79 Å². The summed E-state index contributed by atoms with van der Waals surface area (Å²) < 4.78 is 1.94. The molecule has 3 rings (SSSR count). The smallest absolute Gasteiger partial charge is 0.230 e. The van der Waals surface area contributed by atoms with Gasteiger partial charge in [0.1, 0.15) is 0 Å². The van der Waals surface area contributed by atoms with Crippen molar-refractivity contribution in [3.05, 3.63) is 64.7 Å². The first-order chi connectivity index (χ1) is 13.4. The maximum Gasteiger partial charge on any atom is 0.230 e. The van der Waals surface area contributed by atoms with Gasteiger partial charge in [0.2, 0.25) is 5.91 Å². The summed E-state index contributed by atoms with van der Waals surface area (Å²) in [5, 5.41) is 12.4. The lowest BCUT2D eigenvalue weighted by molar-refractivity contribution is -0.119. The predicted octanol–water partition coefficient (Wildman–Crippen LogP) is 4.38. The minimum absolute atomic E-state index is 0.0174. The molecule has 0 saturated heterocycles. The molecule has 2 aromatic carbocycles. The molecule has 0 aliphatic heterocycles. The molecule has 1 N–H and O–H groups in total. The number of nitrogens with one attached hydrogen (secondary N) is 1. The Labute approximate surface area is 170 Å². The van der Waals surface area contributed by atoms with E-state index in [1.54, 1.807) is 0 Å². The average Bonchev–Trinajstić information content (AvgIpc) is 3.03. The highest BCUT2D eigenvalue weighted by Crippen LogP contribution is 2.25. The lowest BCUT2D eigenvalue weighted by Crippen LogP contribution is -2.28. The van der Waals surface area contributed by atoms with Gasteiger partial charge >= 0.3 is 0 Å². The molecular formula is C22H26N4OS. The maximum absolute atomic E-state index is 12.4. The van der Waals surface area contributed by atoms with Crippen LogP contribution in [0.2, 0.25) is 0 Å². The van der Waals surface area contributed by atoms with E-state index in [1.807, 2.05) is 36.7 Å². The van der Waals surface area contributed by atoms with Gasteiger partial charge in [0, 0.05) is 12.6 Å². The van der Waals surface area contributed by atoms with Gasteiger partial charge in [0.05, 0.1) is 11.8 Å². The monoisotopic (exact) mass is 394 g/mol. The lowest BCUT2D eigenvalue weighted by Gasteiger charge is -2.15. The number of hydrogen-bond donors (Lipinski definition) is 1. The molecule has 5 nitrogen and oxygen atoms in total. The van der Waals surface area contributed by atoms with Crippen molar-refractivity contribution in [1.82, 2.24) is 20.1 Å². The second kappa shape index (κ2) is 8.61. The van der Waals surface area contributed by atoms with Crippen LogP contribution in [0.15, 0.2) is 47.6 Å². The number of hydrogen-bond acceptors (Lipinski definition) is 4. The zero-order valence-corrected chi connectivity index (χ0v) is 17.8. The molecule has 0 spiro atoms. The Bertz CT molecular complexity index is 996. The molecule has 0 fully saturated rings. The van der Waals surface area contributed by atoms with E-state index in [9.17, 15) is 4.79 Å². The molecule has 3 aromatic rings. The minimum Gasteiger partial charge on any atom is -0.349 e. The van der Waals surface area contributed by atoms with E-state index in [0.717, 1.165) is 27.7 Å². The minimum atomic E-state index is -0.0329. The van der Waals surface area contributed by atoms with Crippen molar-refractivity contribution in [2.75, 3.05) is 5.75 Å². The topological polar surface area (TPSA) is 59.8 Å². The third-order valence-corrected chi connectivity index (χ3v) is 5.98. The summed E-state index contributed by atoms with van der Waals surface area (Å²) in [5.74, 6) is 1.09. The van der Waals surface area contributed by atoms with Crippen molar-refractivity contribution in [1.29, 1.82) is 0 Å². The standard InChI is InChI=1S/C22H26N4OS/c1-14-10-11-18(12-16(14)3)17(4)23-20(27)13-28-22-25-24-21(26(22)5)19-9-7-6-8-15(19)2/h6-12,17H,13H2,1-5H3,(H,23,27)/t17-/m1/s1. The summed E-state index contributed by atoms with van der Waals surface area (Å²) >= 11 is 1.40. The first kappa shape index (κ1) is 20.1. The number of nitrogens with zero attached hydrogens (tertiary/aromatic N) is 3. The Hall–Kier alpha value is -2.60. The third kappa shape index (κ3) is 4.44. The molecule has 0 unspecified atom stereocenters. The summed E-state index contributed by atoms with van der Waals surface area (Å²) in [6.45, 7) is 8.23. The number of aryl methyl sites for hydroxylation is 3. The predicted molar refractivity (Wildman–Crippen MR) is 114 cm³/mol. The van der Waals surface area contributed by atoms with E-state index < -0.39 is 0 Å². The Kier molecular flexibility index (Phi) is 6.19. The second-order valence-corrected chi connectivity index (χ2v) is 8.04. The van der Waals surface area contributed by atoms with Gasteiger partial charge in [0.25, 0.3) is 0 Å². The number of benzene rings is 2. The molecule has 0 aliphatic carbocycles. The molecule has 1 heterocycles. The second-order valence-electron chi connectivity index (χ2n) is 7.10. The number of carbonyl (C=O) groups excluding carboxylic acids is 1. The van der Waals surface area contributed by atoms with Gasteiger partial charge in [0.15, 0.2) is 11.0 Å². The van der Waals surface area contributed by atoms with Crippen LogP contribution in [-0.2, 0) is 11.8 Å².